The first-order valence-corrected chi connectivity index (χ1v) is 9.13. The van der Waals surface area contributed by atoms with E-state index in [2.05, 4.69) is 36.1 Å². The zero-order valence-corrected chi connectivity index (χ0v) is 14.7. The smallest absolute Gasteiger partial charge is 0.410 e. The molecule has 0 aromatic heterocycles. The van der Waals surface area contributed by atoms with Crippen LogP contribution in [0.1, 0.15) is 24.5 Å². The average molecular weight is 343 g/mol. The standard InChI is InChI=1S/C19H25N3O3/c1-2-19-13-21(9-10-22(19)18(24)25-14-19)17(23)12-20-8-7-15-5-3-4-6-16(15)11-20/h3-6H,2,7-14H2,1H3. The molecule has 1 atom stereocenters. The lowest BCUT2D eigenvalue weighted by Gasteiger charge is -2.44. The van der Waals surface area contributed by atoms with Crippen molar-refractivity contribution in [3.05, 3.63) is 35.4 Å². The fraction of sp³-hybridized carbons (Fsp3) is 0.579. The molecule has 1 aromatic carbocycles. The van der Waals surface area contributed by atoms with Crippen molar-refractivity contribution in [2.45, 2.75) is 31.8 Å². The van der Waals surface area contributed by atoms with Crippen LogP contribution in [0.3, 0.4) is 0 Å². The highest BCUT2D eigenvalue weighted by Gasteiger charge is 2.50. The van der Waals surface area contributed by atoms with Crippen LogP contribution in [0.25, 0.3) is 0 Å². The summed E-state index contributed by atoms with van der Waals surface area (Å²) in [6.45, 7) is 6.40. The molecule has 25 heavy (non-hydrogen) atoms. The molecular formula is C19H25N3O3. The molecule has 1 aromatic rings. The summed E-state index contributed by atoms with van der Waals surface area (Å²) in [5, 5.41) is 0. The Kier molecular flexibility index (Phi) is 4.15. The Morgan fingerprint density at radius 1 is 1.20 bits per heavy atom. The number of benzene rings is 1. The van der Waals surface area contributed by atoms with Crippen molar-refractivity contribution < 1.29 is 14.3 Å². The van der Waals surface area contributed by atoms with E-state index in [1.165, 1.54) is 11.1 Å². The summed E-state index contributed by atoms with van der Waals surface area (Å²) >= 11 is 0. The first-order valence-electron chi connectivity index (χ1n) is 9.13. The van der Waals surface area contributed by atoms with Gasteiger partial charge in [0.25, 0.3) is 0 Å². The number of rotatable bonds is 3. The summed E-state index contributed by atoms with van der Waals surface area (Å²) in [6, 6.07) is 8.47. The third kappa shape index (κ3) is 2.88. The highest BCUT2D eigenvalue weighted by atomic mass is 16.6. The van der Waals surface area contributed by atoms with Gasteiger partial charge in [0.1, 0.15) is 6.61 Å². The number of amides is 2. The number of fused-ring (bicyclic) bond motifs is 2. The largest absolute Gasteiger partial charge is 0.447 e. The minimum atomic E-state index is -0.334. The van der Waals surface area contributed by atoms with E-state index in [4.69, 9.17) is 4.74 Å². The zero-order chi connectivity index (χ0) is 17.4. The molecule has 2 fully saturated rings. The molecule has 3 aliphatic rings. The highest BCUT2D eigenvalue weighted by Crippen LogP contribution is 2.31. The zero-order valence-electron chi connectivity index (χ0n) is 14.7. The molecule has 0 saturated carbocycles. The van der Waals surface area contributed by atoms with Crippen molar-refractivity contribution in [3.63, 3.8) is 0 Å². The van der Waals surface area contributed by atoms with E-state index in [1.807, 2.05) is 9.80 Å². The van der Waals surface area contributed by atoms with E-state index in [0.717, 1.165) is 25.9 Å². The minimum absolute atomic E-state index is 0.159. The Morgan fingerprint density at radius 2 is 2.00 bits per heavy atom. The van der Waals surface area contributed by atoms with Crippen LogP contribution in [0, 0.1) is 0 Å². The van der Waals surface area contributed by atoms with Crippen LogP contribution >= 0.6 is 0 Å². The maximum Gasteiger partial charge on any atom is 0.410 e. The van der Waals surface area contributed by atoms with E-state index >= 15 is 0 Å². The van der Waals surface area contributed by atoms with E-state index in [-0.39, 0.29) is 17.5 Å². The van der Waals surface area contributed by atoms with Gasteiger partial charge in [-0.15, -0.1) is 0 Å². The molecule has 0 aliphatic carbocycles. The maximum absolute atomic E-state index is 12.8. The van der Waals surface area contributed by atoms with Gasteiger partial charge in [-0.2, -0.15) is 0 Å². The lowest BCUT2D eigenvalue weighted by atomic mass is 9.93. The Bertz CT molecular complexity index is 692. The fourth-order valence-corrected chi connectivity index (χ4v) is 4.26. The third-order valence-corrected chi connectivity index (χ3v) is 5.92. The van der Waals surface area contributed by atoms with Crippen LogP contribution in [-0.2, 0) is 22.5 Å². The Balaban J connectivity index is 1.40. The summed E-state index contributed by atoms with van der Waals surface area (Å²) in [5.41, 5.74) is 2.39. The summed E-state index contributed by atoms with van der Waals surface area (Å²) in [7, 11) is 0. The van der Waals surface area contributed by atoms with Gasteiger partial charge in [-0.3, -0.25) is 14.6 Å². The number of ether oxygens (including phenoxy) is 1. The van der Waals surface area contributed by atoms with Gasteiger partial charge in [-0.25, -0.2) is 4.79 Å². The lowest BCUT2D eigenvalue weighted by molar-refractivity contribution is -0.136. The van der Waals surface area contributed by atoms with Crippen molar-refractivity contribution >= 4 is 12.0 Å². The summed E-state index contributed by atoms with van der Waals surface area (Å²) in [5.74, 6) is 0.159. The van der Waals surface area contributed by atoms with Crippen molar-refractivity contribution in [1.29, 1.82) is 0 Å². The Hall–Kier alpha value is -2.08. The number of carbonyl (C=O) groups excluding carboxylic acids is 2. The number of piperazine rings is 1. The summed E-state index contributed by atoms with van der Waals surface area (Å²) in [6.07, 6.45) is 1.57. The number of carbonyl (C=O) groups is 2. The van der Waals surface area contributed by atoms with Gasteiger partial charge in [0.2, 0.25) is 5.91 Å². The molecule has 2 amide bonds. The van der Waals surface area contributed by atoms with E-state index in [1.54, 1.807) is 0 Å². The average Bonchev–Trinajstić information content (AvgIpc) is 2.98. The first-order chi connectivity index (χ1) is 12.1. The summed E-state index contributed by atoms with van der Waals surface area (Å²) in [4.78, 5) is 30.7. The van der Waals surface area contributed by atoms with Crippen molar-refractivity contribution in [2.75, 3.05) is 39.3 Å². The van der Waals surface area contributed by atoms with E-state index in [9.17, 15) is 9.59 Å². The molecule has 2 saturated heterocycles. The SMILES string of the molecule is CCC12COC(=O)N1CCN(C(=O)CN1CCc3ccccc3C1)C2. The molecule has 4 rings (SSSR count). The highest BCUT2D eigenvalue weighted by molar-refractivity contribution is 5.79. The number of cyclic esters (lactones) is 1. The van der Waals surface area contributed by atoms with Crippen LogP contribution in [-0.4, -0.2) is 71.6 Å². The van der Waals surface area contributed by atoms with Gasteiger partial charge in [0.05, 0.1) is 12.1 Å². The Morgan fingerprint density at radius 3 is 2.80 bits per heavy atom. The predicted octanol–water partition coefficient (Wildman–Crippen LogP) is 1.49. The van der Waals surface area contributed by atoms with Gasteiger partial charge in [0.15, 0.2) is 0 Å². The monoisotopic (exact) mass is 343 g/mol. The van der Waals surface area contributed by atoms with Gasteiger partial charge in [0, 0.05) is 32.7 Å². The van der Waals surface area contributed by atoms with Crippen molar-refractivity contribution in [3.8, 4) is 0 Å². The van der Waals surface area contributed by atoms with E-state index < -0.39 is 0 Å². The first kappa shape index (κ1) is 16.4. The second-order valence-corrected chi connectivity index (χ2v) is 7.33. The molecule has 6 nitrogen and oxygen atoms in total. The van der Waals surface area contributed by atoms with Crippen molar-refractivity contribution in [1.82, 2.24) is 14.7 Å². The van der Waals surface area contributed by atoms with Crippen LogP contribution in [0.4, 0.5) is 4.79 Å². The molecule has 3 heterocycles. The maximum atomic E-state index is 12.8. The molecule has 0 spiro atoms. The minimum Gasteiger partial charge on any atom is -0.447 e. The third-order valence-electron chi connectivity index (χ3n) is 5.92. The molecule has 6 heteroatoms. The van der Waals surface area contributed by atoms with Gasteiger partial charge in [-0.05, 0) is 24.0 Å². The molecule has 1 unspecified atom stereocenters. The topological polar surface area (TPSA) is 53.1 Å². The van der Waals surface area contributed by atoms with Gasteiger partial charge < -0.3 is 9.64 Å². The van der Waals surface area contributed by atoms with Crippen LogP contribution in [0.2, 0.25) is 0 Å². The quantitative estimate of drug-likeness (QED) is 0.834. The normalized spacial score (nSPS) is 26.2. The number of nitrogens with zero attached hydrogens (tertiary/aromatic N) is 3. The molecule has 3 aliphatic heterocycles. The van der Waals surface area contributed by atoms with Crippen LogP contribution in [0.5, 0.6) is 0 Å². The van der Waals surface area contributed by atoms with Crippen LogP contribution < -0.4 is 0 Å². The van der Waals surface area contributed by atoms with Crippen molar-refractivity contribution in [2.24, 2.45) is 0 Å². The predicted molar refractivity (Wildman–Crippen MR) is 93.1 cm³/mol. The second kappa shape index (κ2) is 6.33. The number of hydrogen-bond acceptors (Lipinski definition) is 4. The molecule has 0 bridgehead atoms. The Labute approximate surface area is 148 Å². The molecule has 0 N–H and O–H groups in total. The van der Waals surface area contributed by atoms with E-state index in [0.29, 0.717) is 32.8 Å². The number of hydrogen-bond donors (Lipinski definition) is 0. The second-order valence-electron chi connectivity index (χ2n) is 7.33. The fourth-order valence-electron chi connectivity index (χ4n) is 4.26. The molecular weight excluding hydrogens is 318 g/mol. The lowest BCUT2D eigenvalue weighted by Crippen LogP contribution is -2.63. The summed E-state index contributed by atoms with van der Waals surface area (Å²) < 4.78 is 5.25. The van der Waals surface area contributed by atoms with Crippen LogP contribution in [0.15, 0.2) is 24.3 Å². The van der Waals surface area contributed by atoms with Gasteiger partial charge in [-0.1, -0.05) is 31.2 Å². The van der Waals surface area contributed by atoms with Gasteiger partial charge >= 0.3 is 6.09 Å². The molecule has 0 radical (unpaired) electrons. The molecule has 134 valence electrons.